The zero-order valence-corrected chi connectivity index (χ0v) is 16.1. The van der Waals surface area contributed by atoms with Gasteiger partial charge in [-0.15, -0.1) is 6.42 Å². The SMILES string of the molecule is C#C[C@@]1(c2ccc3c(N)ncnn23)O[C@H](CC)[C@@H](C)[C@H]1OCc1ccccc1. The van der Waals surface area contributed by atoms with Crippen LogP contribution in [-0.2, 0) is 21.7 Å². The van der Waals surface area contributed by atoms with Crippen LogP contribution in [0.1, 0.15) is 31.5 Å². The van der Waals surface area contributed by atoms with Gasteiger partial charge in [0.2, 0.25) is 0 Å². The van der Waals surface area contributed by atoms with Gasteiger partial charge in [0.05, 0.1) is 18.4 Å². The van der Waals surface area contributed by atoms with E-state index in [9.17, 15) is 0 Å². The minimum absolute atomic E-state index is 0.0124. The van der Waals surface area contributed by atoms with Crippen molar-refractivity contribution >= 4 is 11.3 Å². The Morgan fingerprint density at radius 2 is 2.07 bits per heavy atom. The molecule has 6 nitrogen and oxygen atoms in total. The molecule has 1 saturated heterocycles. The predicted molar refractivity (Wildman–Crippen MR) is 107 cm³/mol. The second-order valence-electron chi connectivity index (χ2n) is 7.18. The summed E-state index contributed by atoms with van der Waals surface area (Å²) in [6.45, 7) is 4.68. The van der Waals surface area contributed by atoms with Crippen molar-refractivity contribution in [2.75, 3.05) is 5.73 Å². The number of ether oxygens (including phenoxy) is 2. The van der Waals surface area contributed by atoms with Gasteiger partial charge in [0.1, 0.15) is 17.9 Å². The minimum Gasteiger partial charge on any atom is -0.382 e. The molecule has 0 unspecified atom stereocenters. The van der Waals surface area contributed by atoms with Gasteiger partial charge >= 0.3 is 0 Å². The molecular weight excluding hydrogens is 352 g/mol. The lowest BCUT2D eigenvalue weighted by Gasteiger charge is -2.30. The average Bonchev–Trinajstić information content (AvgIpc) is 3.28. The quantitative estimate of drug-likeness (QED) is 0.692. The fraction of sp³-hybridized carbons (Fsp3) is 0.364. The summed E-state index contributed by atoms with van der Waals surface area (Å²) in [4.78, 5) is 4.06. The van der Waals surface area contributed by atoms with Crippen molar-refractivity contribution < 1.29 is 9.47 Å². The molecule has 1 aromatic carbocycles. The van der Waals surface area contributed by atoms with Crippen molar-refractivity contribution in [3.8, 4) is 12.3 Å². The summed E-state index contributed by atoms with van der Waals surface area (Å²) in [7, 11) is 0. The van der Waals surface area contributed by atoms with Crippen molar-refractivity contribution in [3.05, 3.63) is 60.0 Å². The molecule has 3 heterocycles. The molecule has 0 saturated carbocycles. The fourth-order valence-corrected chi connectivity index (χ4v) is 4.09. The van der Waals surface area contributed by atoms with Crippen LogP contribution < -0.4 is 5.73 Å². The molecule has 0 bridgehead atoms. The molecule has 6 heteroatoms. The highest BCUT2D eigenvalue weighted by atomic mass is 16.6. The molecule has 0 aliphatic carbocycles. The zero-order valence-electron chi connectivity index (χ0n) is 16.1. The maximum absolute atomic E-state index is 6.47. The van der Waals surface area contributed by atoms with Gasteiger partial charge in [-0.3, -0.25) is 0 Å². The summed E-state index contributed by atoms with van der Waals surface area (Å²) in [5.41, 5.74) is 7.48. The number of fused-ring (bicyclic) bond motifs is 1. The summed E-state index contributed by atoms with van der Waals surface area (Å²) < 4.78 is 14.6. The van der Waals surface area contributed by atoms with Crippen LogP contribution in [0.15, 0.2) is 48.8 Å². The highest BCUT2D eigenvalue weighted by Crippen LogP contribution is 2.46. The predicted octanol–water partition coefficient (Wildman–Crippen LogP) is 3.17. The van der Waals surface area contributed by atoms with E-state index in [0.29, 0.717) is 17.9 Å². The van der Waals surface area contributed by atoms with Crippen molar-refractivity contribution in [2.24, 2.45) is 5.92 Å². The van der Waals surface area contributed by atoms with Gasteiger partial charge in [0.15, 0.2) is 11.4 Å². The summed E-state index contributed by atoms with van der Waals surface area (Å²) in [5.74, 6) is 3.42. The molecule has 144 valence electrons. The Bertz CT molecular complexity index is 1010. The van der Waals surface area contributed by atoms with Crippen LogP contribution in [0.5, 0.6) is 0 Å². The molecule has 0 radical (unpaired) electrons. The maximum atomic E-state index is 6.47. The highest BCUT2D eigenvalue weighted by Gasteiger charge is 2.55. The first-order valence-corrected chi connectivity index (χ1v) is 9.50. The molecule has 28 heavy (non-hydrogen) atoms. The molecule has 0 spiro atoms. The number of anilines is 1. The minimum atomic E-state index is -1.05. The topological polar surface area (TPSA) is 74.7 Å². The van der Waals surface area contributed by atoms with Gasteiger partial charge in [0, 0.05) is 5.92 Å². The third-order valence-electron chi connectivity index (χ3n) is 5.55. The lowest BCUT2D eigenvalue weighted by Crippen LogP contribution is -2.40. The monoisotopic (exact) mass is 376 g/mol. The first-order chi connectivity index (χ1) is 13.6. The molecule has 1 fully saturated rings. The largest absolute Gasteiger partial charge is 0.382 e. The lowest BCUT2D eigenvalue weighted by atomic mass is 9.86. The number of benzene rings is 1. The Kier molecular flexibility index (Phi) is 4.80. The smallest absolute Gasteiger partial charge is 0.197 e. The van der Waals surface area contributed by atoms with Gasteiger partial charge in [-0.1, -0.05) is 50.1 Å². The Morgan fingerprint density at radius 3 is 2.79 bits per heavy atom. The van der Waals surface area contributed by atoms with Gasteiger partial charge in [-0.2, -0.15) is 5.10 Å². The van der Waals surface area contributed by atoms with E-state index in [1.54, 1.807) is 4.52 Å². The Labute approximate surface area is 164 Å². The third-order valence-corrected chi connectivity index (χ3v) is 5.55. The molecular formula is C22H24N4O2. The number of rotatable bonds is 5. The second kappa shape index (κ2) is 7.27. The summed E-state index contributed by atoms with van der Waals surface area (Å²) >= 11 is 0. The average molecular weight is 376 g/mol. The number of hydrogen-bond donors (Lipinski definition) is 1. The van der Waals surface area contributed by atoms with E-state index in [0.717, 1.165) is 17.7 Å². The van der Waals surface area contributed by atoms with E-state index < -0.39 is 5.60 Å². The second-order valence-corrected chi connectivity index (χ2v) is 7.18. The summed E-state index contributed by atoms with van der Waals surface area (Å²) in [6, 6.07) is 13.8. The molecule has 2 N–H and O–H groups in total. The van der Waals surface area contributed by atoms with E-state index in [2.05, 4.69) is 29.9 Å². The first kappa shape index (κ1) is 18.5. The number of aromatic nitrogens is 3. The number of nitrogens with two attached hydrogens (primary N) is 1. The van der Waals surface area contributed by atoms with Gasteiger partial charge in [-0.05, 0) is 24.1 Å². The number of nitrogen functional groups attached to an aromatic ring is 1. The van der Waals surface area contributed by atoms with Crippen molar-refractivity contribution in [2.45, 2.75) is 44.7 Å². The van der Waals surface area contributed by atoms with E-state index in [-0.39, 0.29) is 18.1 Å². The standard InChI is InChI=1S/C22H24N4O2/c1-4-18-15(3)20(27-13-16-9-7-6-8-10-16)22(5-2,28-18)19-12-11-17-21(23)24-14-25-26(17)19/h2,6-12,14-15,18,20H,4,13H2,1,3H3,(H2,23,24,25)/t15-,18-,20-,22+/m1/s1. The van der Waals surface area contributed by atoms with Gasteiger partial charge in [0.25, 0.3) is 0 Å². The van der Waals surface area contributed by atoms with Crippen LogP contribution in [0.4, 0.5) is 5.82 Å². The Balaban J connectivity index is 1.77. The molecule has 4 rings (SSSR count). The van der Waals surface area contributed by atoms with Gasteiger partial charge < -0.3 is 15.2 Å². The van der Waals surface area contributed by atoms with Crippen LogP contribution in [0, 0.1) is 18.3 Å². The summed E-state index contributed by atoms with van der Waals surface area (Å²) in [5, 5.41) is 4.36. The molecule has 1 aliphatic heterocycles. The fourth-order valence-electron chi connectivity index (χ4n) is 4.09. The first-order valence-electron chi connectivity index (χ1n) is 9.50. The van der Waals surface area contributed by atoms with Gasteiger partial charge in [-0.25, -0.2) is 9.50 Å². The van der Waals surface area contributed by atoms with Crippen molar-refractivity contribution in [3.63, 3.8) is 0 Å². The molecule has 4 atom stereocenters. The Morgan fingerprint density at radius 1 is 1.29 bits per heavy atom. The molecule has 0 amide bonds. The third kappa shape index (κ3) is 2.84. The maximum Gasteiger partial charge on any atom is 0.197 e. The molecule has 2 aromatic heterocycles. The van der Waals surface area contributed by atoms with Crippen LogP contribution in [0.2, 0.25) is 0 Å². The van der Waals surface area contributed by atoms with E-state index in [4.69, 9.17) is 21.6 Å². The molecule has 3 aromatic rings. The van der Waals surface area contributed by atoms with E-state index in [1.165, 1.54) is 6.33 Å². The van der Waals surface area contributed by atoms with Crippen LogP contribution >= 0.6 is 0 Å². The Hall–Kier alpha value is -2.88. The van der Waals surface area contributed by atoms with Crippen molar-refractivity contribution in [1.29, 1.82) is 0 Å². The highest BCUT2D eigenvalue weighted by molar-refractivity contribution is 5.66. The van der Waals surface area contributed by atoms with Crippen LogP contribution in [0.3, 0.4) is 0 Å². The normalized spacial score (nSPS) is 27.1. The zero-order chi connectivity index (χ0) is 19.7. The number of nitrogens with zero attached hydrogens (tertiary/aromatic N) is 3. The molecule has 1 aliphatic rings. The van der Waals surface area contributed by atoms with E-state index >= 15 is 0 Å². The van der Waals surface area contributed by atoms with Crippen LogP contribution in [0.25, 0.3) is 5.52 Å². The number of hydrogen-bond acceptors (Lipinski definition) is 5. The number of terminal acetylenes is 1. The summed E-state index contributed by atoms with van der Waals surface area (Å²) in [6.07, 6.45) is 8.02. The van der Waals surface area contributed by atoms with E-state index in [1.807, 2.05) is 42.5 Å². The van der Waals surface area contributed by atoms with Crippen molar-refractivity contribution in [1.82, 2.24) is 14.6 Å². The van der Waals surface area contributed by atoms with Crippen LogP contribution in [-0.4, -0.2) is 26.8 Å². The lowest BCUT2D eigenvalue weighted by molar-refractivity contribution is -0.0804.